The van der Waals surface area contributed by atoms with Crippen LogP contribution >= 0.6 is 0 Å². The number of nitrogens with zero attached hydrogens (tertiary/aromatic N) is 1. The summed E-state index contributed by atoms with van der Waals surface area (Å²) in [5.74, 6) is -0.352. The zero-order valence-electron chi connectivity index (χ0n) is 14.2. The molecule has 128 valence electrons. The molecule has 23 heavy (non-hydrogen) atoms. The molecule has 2 N–H and O–H groups in total. The summed E-state index contributed by atoms with van der Waals surface area (Å²) < 4.78 is 5.13. The van der Waals surface area contributed by atoms with E-state index in [0.29, 0.717) is 12.5 Å². The van der Waals surface area contributed by atoms with Crippen LogP contribution in [0.15, 0.2) is 24.3 Å². The van der Waals surface area contributed by atoms with E-state index in [1.54, 1.807) is 21.1 Å². The number of carboxylic acid groups (broad SMARTS) is 1. The van der Waals surface area contributed by atoms with Gasteiger partial charge in [-0.15, -0.1) is 0 Å². The molecule has 1 aromatic carbocycles. The van der Waals surface area contributed by atoms with Gasteiger partial charge >= 0.3 is 12.0 Å². The quantitative estimate of drug-likeness (QED) is 0.771. The van der Waals surface area contributed by atoms with Crippen LogP contribution in [0.4, 0.5) is 4.79 Å². The highest BCUT2D eigenvalue weighted by atomic mass is 16.5. The van der Waals surface area contributed by atoms with E-state index in [2.05, 4.69) is 12.2 Å². The summed E-state index contributed by atoms with van der Waals surface area (Å²) in [6.45, 7) is 4.41. The van der Waals surface area contributed by atoms with Crippen molar-refractivity contribution in [3.8, 4) is 5.75 Å². The Morgan fingerprint density at radius 1 is 1.26 bits per heavy atom. The van der Waals surface area contributed by atoms with E-state index in [1.807, 2.05) is 24.3 Å². The molecule has 1 rings (SSSR count). The summed E-state index contributed by atoms with van der Waals surface area (Å²) in [6, 6.07) is 7.63. The van der Waals surface area contributed by atoms with Crippen LogP contribution in [0, 0.1) is 5.92 Å². The highest BCUT2D eigenvalue weighted by Gasteiger charge is 2.17. The van der Waals surface area contributed by atoms with E-state index in [4.69, 9.17) is 9.84 Å². The van der Waals surface area contributed by atoms with Crippen molar-refractivity contribution in [3.05, 3.63) is 29.8 Å². The first kappa shape index (κ1) is 18.8. The van der Waals surface area contributed by atoms with Crippen LogP contribution in [0.5, 0.6) is 5.75 Å². The molecule has 0 fully saturated rings. The van der Waals surface area contributed by atoms with Gasteiger partial charge < -0.3 is 20.1 Å². The Hall–Kier alpha value is -2.24. The van der Waals surface area contributed by atoms with Gasteiger partial charge in [-0.25, -0.2) is 4.79 Å². The van der Waals surface area contributed by atoms with Gasteiger partial charge in [0, 0.05) is 20.1 Å². The lowest BCUT2D eigenvalue weighted by atomic mass is 9.98. The van der Waals surface area contributed by atoms with Crippen LogP contribution in [-0.2, 0) is 4.79 Å². The lowest BCUT2D eigenvalue weighted by molar-refractivity contribution is -0.141. The summed E-state index contributed by atoms with van der Waals surface area (Å²) in [4.78, 5) is 24.1. The summed E-state index contributed by atoms with van der Waals surface area (Å²) >= 11 is 0. The minimum atomic E-state index is -0.905. The number of nitrogens with one attached hydrogen (secondary N) is 1. The first-order valence-electron chi connectivity index (χ1n) is 7.70. The van der Waals surface area contributed by atoms with E-state index >= 15 is 0 Å². The number of amides is 2. The number of hydrogen-bond acceptors (Lipinski definition) is 3. The third kappa shape index (κ3) is 6.18. The van der Waals surface area contributed by atoms with Gasteiger partial charge in [0.2, 0.25) is 0 Å². The zero-order chi connectivity index (χ0) is 17.4. The van der Waals surface area contributed by atoms with Gasteiger partial charge in [0.25, 0.3) is 0 Å². The third-order valence-corrected chi connectivity index (χ3v) is 3.85. The number of methoxy groups -OCH3 is 1. The van der Waals surface area contributed by atoms with Gasteiger partial charge in [0.15, 0.2) is 0 Å². The SMILES string of the molecule is COc1ccc(C(C)CCNC(=O)N(C)CC(C)C(=O)O)cc1. The molecule has 0 radical (unpaired) electrons. The van der Waals surface area contributed by atoms with Crippen molar-refractivity contribution in [2.45, 2.75) is 26.2 Å². The molecule has 6 heteroatoms. The minimum absolute atomic E-state index is 0.190. The Kier molecular flexibility index (Phi) is 7.38. The molecular formula is C17H26N2O4. The lowest BCUT2D eigenvalue weighted by Crippen LogP contribution is -2.41. The number of urea groups is 1. The molecule has 1 aromatic rings. The summed E-state index contributed by atoms with van der Waals surface area (Å²) in [5.41, 5.74) is 1.19. The van der Waals surface area contributed by atoms with Gasteiger partial charge in [-0.3, -0.25) is 4.79 Å². The van der Waals surface area contributed by atoms with Crippen molar-refractivity contribution < 1.29 is 19.4 Å². The van der Waals surface area contributed by atoms with Crippen molar-refractivity contribution in [3.63, 3.8) is 0 Å². The maximum absolute atomic E-state index is 11.9. The molecule has 0 saturated carbocycles. The van der Waals surface area contributed by atoms with Gasteiger partial charge in [0.05, 0.1) is 13.0 Å². The second-order valence-corrected chi connectivity index (χ2v) is 5.81. The molecule has 2 unspecified atom stereocenters. The Labute approximate surface area is 137 Å². The Bertz CT molecular complexity index is 516. The smallest absolute Gasteiger partial charge is 0.317 e. The van der Waals surface area contributed by atoms with Crippen molar-refractivity contribution in [2.24, 2.45) is 5.92 Å². The van der Waals surface area contributed by atoms with Gasteiger partial charge in [-0.05, 0) is 30.0 Å². The van der Waals surface area contributed by atoms with Crippen LogP contribution in [0.2, 0.25) is 0 Å². The second-order valence-electron chi connectivity index (χ2n) is 5.81. The van der Waals surface area contributed by atoms with Crippen molar-refractivity contribution >= 4 is 12.0 Å². The molecule has 0 heterocycles. The van der Waals surface area contributed by atoms with Gasteiger partial charge in [-0.2, -0.15) is 0 Å². The Morgan fingerprint density at radius 3 is 2.39 bits per heavy atom. The second kappa shape index (κ2) is 9.02. The highest BCUT2D eigenvalue weighted by Crippen LogP contribution is 2.21. The molecule has 0 bridgehead atoms. The van der Waals surface area contributed by atoms with Crippen LogP contribution in [0.3, 0.4) is 0 Å². The molecule has 0 saturated heterocycles. The number of carboxylic acids is 1. The fourth-order valence-electron chi connectivity index (χ4n) is 2.20. The largest absolute Gasteiger partial charge is 0.497 e. The van der Waals surface area contributed by atoms with E-state index in [1.165, 1.54) is 10.5 Å². The van der Waals surface area contributed by atoms with Crippen molar-refractivity contribution in [1.29, 1.82) is 0 Å². The molecule has 0 aliphatic rings. The van der Waals surface area contributed by atoms with Gasteiger partial charge in [-0.1, -0.05) is 26.0 Å². The van der Waals surface area contributed by atoms with Crippen LogP contribution < -0.4 is 10.1 Å². The summed E-state index contributed by atoms with van der Waals surface area (Å²) in [5, 5.41) is 11.7. The van der Waals surface area contributed by atoms with Gasteiger partial charge in [0.1, 0.15) is 5.75 Å². The third-order valence-electron chi connectivity index (χ3n) is 3.85. The summed E-state index contributed by atoms with van der Waals surface area (Å²) in [6.07, 6.45) is 0.806. The minimum Gasteiger partial charge on any atom is -0.497 e. The van der Waals surface area contributed by atoms with E-state index in [0.717, 1.165) is 12.2 Å². The topological polar surface area (TPSA) is 78.9 Å². The predicted molar refractivity (Wildman–Crippen MR) is 88.9 cm³/mol. The number of aliphatic carboxylic acids is 1. The van der Waals surface area contributed by atoms with Crippen LogP contribution in [0.25, 0.3) is 0 Å². The number of benzene rings is 1. The zero-order valence-corrected chi connectivity index (χ0v) is 14.2. The standard InChI is InChI=1S/C17H26N2O4/c1-12(14-5-7-15(23-4)8-6-14)9-10-18-17(22)19(3)11-13(2)16(20)21/h5-8,12-13H,9-11H2,1-4H3,(H,18,22)(H,20,21). The normalized spacial score (nSPS) is 13.0. The van der Waals surface area contributed by atoms with Crippen LogP contribution in [-0.4, -0.2) is 49.3 Å². The maximum atomic E-state index is 11.9. The van der Waals surface area contributed by atoms with Crippen molar-refractivity contribution in [2.75, 3.05) is 27.2 Å². The number of rotatable bonds is 8. The number of carbonyl (C=O) groups is 2. The lowest BCUT2D eigenvalue weighted by Gasteiger charge is -2.20. The Morgan fingerprint density at radius 2 is 1.87 bits per heavy atom. The molecule has 0 aliphatic carbocycles. The maximum Gasteiger partial charge on any atom is 0.317 e. The predicted octanol–water partition coefficient (Wildman–Crippen LogP) is 2.55. The first-order valence-corrected chi connectivity index (χ1v) is 7.70. The molecule has 0 spiro atoms. The van der Waals surface area contributed by atoms with E-state index in [-0.39, 0.29) is 12.6 Å². The van der Waals surface area contributed by atoms with E-state index in [9.17, 15) is 9.59 Å². The average molecular weight is 322 g/mol. The molecule has 2 amide bonds. The van der Waals surface area contributed by atoms with Crippen molar-refractivity contribution in [1.82, 2.24) is 10.2 Å². The first-order chi connectivity index (χ1) is 10.8. The molecular weight excluding hydrogens is 296 g/mol. The van der Waals surface area contributed by atoms with E-state index < -0.39 is 11.9 Å². The number of ether oxygens (including phenoxy) is 1. The highest BCUT2D eigenvalue weighted by molar-refractivity contribution is 5.75. The number of carbonyl (C=O) groups excluding carboxylic acids is 1. The molecule has 0 aliphatic heterocycles. The summed E-state index contributed by atoms with van der Waals surface area (Å²) in [7, 11) is 3.23. The monoisotopic (exact) mass is 322 g/mol. The molecule has 6 nitrogen and oxygen atoms in total. The molecule has 2 atom stereocenters. The fraction of sp³-hybridized carbons (Fsp3) is 0.529. The Balaban J connectivity index is 2.37. The average Bonchev–Trinajstić information content (AvgIpc) is 2.54. The molecule has 0 aromatic heterocycles. The number of hydrogen-bond donors (Lipinski definition) is 2. The fourth-order valence-corrected chi connectivity index (χ4v) is 2.20. The van der Waals surface area contributed by atoms with Crippen LogP contribution in [0.1, 0.15) is 31.7 Å².